The summed E-state index contributed by atoms with van der Waals surface area (Å²) in [6.07, 6.45) is 3.25. The molecule has 10 heteroatoms. The molecule has 4 aromatic rings. The Kier molecular flexibility index (Phi) is 6.34. The summed E-state index contributed by atoms with van der Waals surface area (Å²) in [5.74, 6) is 1.45. The Morgan fingerprint density at radius 2 is 1.87 bits per heavy atom. The minimum Gasteiger partial charge on any atom is -0.454 e. The van der Waals surface area contributed by atoms with Crippen molar-refractivity contribution in [2.45, 2.75) is 19.5 Å². The van der Waals surface area contributed by atoms with Gasteiger partial charge in [-0.2, -0.15) is 0 Å². The molecule has 1 unspecified atom stereocenters. The predicted molar refractivity (Wildman–Crippen MR) is 151 cm³/mol. The number of ether oxygens (including phenoxy) is 2. The SMILES string of the molecule is CC(Nc1nc2ccccn2c(=O)c1C=C1SC(=S)N(Cc2ccc3c(c2)OCO3)C1=O)c1ccccc1. The number of anilines is 1. The number of carbonyl (C=O) groups is 1. The van der Waals surface area contributed by atoms with Crippen LogP contribution in [-0.2, 0) is 11.3 Å². The number of aromatic nitrogens is 2. The molecule has 1 saturated heterocycles. The number of amides is 1. The van der Waals surface area contributed by atoms with Gasteiger partial charge in [0.1, 0.15) is 15.8 Å². The minimum absolute atomic E-state index is 0.123. The van der Waals surface area contributed by atoms with Crippen molar-refractivity contribution < 1.29 is 14.3 Å². The summed E-state index contributed by atoms with van der Waals surface area (Å²) in [6.45, 7) is 2.46. The maximum Gasteiger partial charge on any atom is 0.267 e. The molecule has 190 valence electrons. The molecule has 8 nitrogen and oxygen atoms in total. The van der Waals surface area contributed by atoms with Crippen LogP contribution in [0.3, 0.4) is 0 Å². The Hall–Kier alpha value is -4.15. The lowest BCUT2D eigenvalue weighted by Gasteiger charge is -2.17. The van der Waals surface area contributed by atoms with Gasteiger partial charge < -0.3 is 14.8 Å². The van der Waals surface area contributed by atoms with Gasteiger partial charge in [-0.25, -0.2) is 4.98 Å². The second kappa shape index (κ2) is 9.96. The third-order valence-corrected chi connectivity index (χ3v) is 7.73. The predicted octanol–water partition coefficient (Wildman–Crippen LogP) is 5.00. The quantitative estimate of drug-likeness (QED) is 0.269. The van der Waals surface area contributed by atoms with E-state index in [4.69, 9.17) is 26.7 Å². The summed E-state index contributed by atoms with van der Waals surface area (Å²) in [7, 11) is 0. The highest BCUT2D eigenvalue weighted by atomic mass is 32.2. The maximum atomic E-state index is 13.6. The van der Waals surface area contributed by atoms with Crippen molar-refractivity contribution in [3.8, 4) is 11.5 Å². The highest BCUT2D eigenvalue weighted by Gasteiger charge is 2.33. The number of rotatable bonds is 6. The number of nitrogens with one attached hydrogen (secondary N) is 1. The topological polar surface area (TPSA) is 85.2 Å². The van der Waals surface area contributed by atoms with Gasteiger partial charge in [0.15, 0.2) is 11.5 Å². The lowest BCUT2D eigenvalue weighted by Crippen LogP contribution is -2.27. The van der Waals surface area contributed by atoms with Crippen LogP contribution in [0.2, 0.25) is 0 Å². The van der Waals surface area contributed by atoms with Crippen molar-refractivity contribution in [2.75, 3.05) is 12.1 Å². The van der Waals surface area contributed by atoms with E-state index in [0.29, 0.717) is 37.8 Å². The van der Waals surface area contributed by atoms with Gasteiger partial charge in [0.2, 0.25) is 6.79 Å². The van der Waals surface area contributed by atoms with E-state index in [1.165, 1.54) is 21.1 Å². The number of hydrogen-bond acceptors (Lipinski definition) is 8. The molecule has 6 rings (SSSR count). The normalized spacial score (nSPS) is 16.4. The molecule has 1 N–H and O–H groups in total. The Bertz CT molecular complexity index is 1670. The van der Waals surface area contributed by atoms with Crippen molar-refractivity contribution in [3.63, 3.8) is 0 Å². The molecule has 2 aliphatic rings. The van der Waals surface area contributed by atoms with Crippen LogP contribution in [0.15, 0.2) is 82.6 Å². The second-order valence-electron chi connectivity index (χ2n) is 8.84. The molecule has 0 radical (unpaired) electrons. The van der Waals surface area contributed by atoms with Gasteiger partial charge >= 0.3 is 0 Å². The Morgan fingerprint density at radius 3 is 2.71 bits per heavy atom. The van der Waals surface area contributed by atoms with Crippen molar-refractivity contribution in [2.24, 2.45) is 0 Å². The third-order valence-electron chi connectivity index (χ3n) is 6.35. The number of hydrogen-bond donors (Lipinski definition) is 1. The lowest BCUT2D eigenvalue weighted by atomic mass is 10.1. The summed E-state index contributed by atoms with van der Waals surface area (Å²) < 4.78 is 12.7. The van der Waals surface area contributed by atoms with Crippen LogP contribution < -0.4 is 20.3 Å². The molecule has 2 aromatic carbocycles. The highest BCUT2D eigenvalue weighted by Crippen LogP contribution is 2.37. The van der Waals surface area contributed by atoms with Crippen molar-refractivity contribution in [1.29, 1.82) is 0 Å². The van der Waals surface area contributed by atoms with Crippen LogP contribution in [-0.4, -0.2) is 31.3 Å². The zero-order valence-corrected chi connectivity index (χ0v) is 21.9. The molecule has 4 heterocycles. The molecule has 2 aliphatic heterocycles. The van der Waals surface area contributed by atoms with Crippen molar-refractivity contribution in [3.05, 3.63) is 105 Å². The van der Waals surface area contributed by atoms with Gasteiger partial charge in [-0.05, 0) is 48.4 Å². The van der Waals surface area contributed by atoms with E-state index in [-0.39, 0.29) is 30.8 Å². The van der Waals surface area contributed by atoms with Gasteiger partial charge in [0, 0.05) is 12.2 Å². The van der Waals surface area contributed by atoms with Gasteiger partial charge in [-0.15, -0.1) is 0 Å². The standard InChI is InChI=1S/C28H22N4O4S2/c1-17(19-7-3-2-4-8-19)29-25-20(26(33)31-12-6-5-9-24(31)30-25)14-23-27(34)32(28(37)38-23)15-18-10-11-21-22(13-18)36-16-35-21/h2-14,17,29H,15-16H2,1H3. The van der Waals surface area contributed by atoms with E-state index < -0.39 is 0 Å². The molecule has 2 aromatic heterocycles. The number of thioether (sulfide) groups is 1. The molecule has 0 saturated carbocycles. The molecule has 0 aliphatic carbocycles. The molecule has 38 heavy (non-hydrogen) atoms. The first-order valence-corrected chi connectivity index (χ1v) is 13.2. The van der Waals surface area contributed by atoms with Crippen molar-refractivity contribution in [1.82, 2.24) is 14.3 Å². The number of thiocarbonyl (C=S) groups is 1. The summed E-state index contributed by atoms with van der Waals surface area (Å²) in [5.41, 5.74) is 2.43. The molecule has 1 atom stereocenters. The number of pyridine rings is 1. The zero-order valence-electron chi connectivity index (χ0n) is 20.3. The lowest BCUT2D eigenvalue weighted by molar-refractivity contribution is -0.122. The number of nitrogens with zero attached hydrogens (tertiary/aromatic N) is 3. The fourth-order valence-electron chi connectivity index (χ4n) is 4.36. The fourth-order valence-corrected chi connectivity index (χ4v) is 5.60. The van der Waals surface area contributed by atoms with E-state index in [1.807, 2.05) is 61.5 Å². The number of benzene rings is 2. The van der Waals surface area contributed by atoms with Gasteiger partial charge in [-0.3, -0.25) is 18.9 Å². The average molecular weight is 543 g/mol. The maximum absolute atomic E-state index is 13.6. The van der Waals surface area contributed by atoms with E-state index in [2.05, 4.69) is 5.32 Å². The van der Waals surface area contributed by atoms with Crippen LogP contribution in [0.4, 0.5) is 5.82 Å². The first-order valence-electron chi connectivity index (χ1n) is 11.9. The largest absolute Gasteiger partial charge is 0.454 e. The first-order chi connectivity index (χ1) is 18.5. The van der Waals surface area contributed by atoms with Crippen LogP contribution in [0.5, 0.6) is 11.5 Å². The smallest absolute Gasteiger partial charge is 0.267 e. The average Bonchev–Trinajstić information content (AvgIpc) is 3.51. The molecular formula is C28H22N4O4S2. The summed E-state index contributed by atoms with van der Waals surface area (Å²) in [4.78, 5) is 33.6. The molecule has 0 spiro atoms. The van der Waals surface area contributed by atoms with Crippen molar-refractivity contribution >= 4 is 51.7 Å². The zero-order chi connectivity index (χ0) is 26.2. The molecule has 1 fully saturated rings. The van der Waals surface area contributed by atoms with E-state index >= 15 is 0 Å². The highest BCUT2D eigenvalue weighted by molar-refractivity contribution is 8.26. The fraction of sp³-hybridized carbons (Fsp3) is 0.143. The summed E-state index contributed by atoms with van der Waals surface area (Å²) >= 11 is 6.71. The monoisotopic (exact) mass is 542 g/mol. The Morgan fingerprint density at radius 1 is 1.08 bits per heavy atom. The van der Waals surface area contributed by atoms with E-state index in [9.17, 15) is 9.59 Å². The number of fused-ring (bicyclic) bond motifs is 2. The van der Waals surface area contributed by atoms with Gasteiger partial charge in [0.05, 0.1) is 17.0 Å². The summed E-state index contributed by atoms with van der Waals surface area (Å²) in [5, 5.41) is 3.37. The molecule has 0 bridgehead atoms. The number of carbonyl (C=O) groups excluding carboxylic acids is 1. The van der Waals surface area contributed by atoms with Gasteiger partial charge in [-0.1, -0.05) is 66.4 Å². The first kappa shape index (κ1) is 24.2. The molecule has 1 amide bonds. The Balaban J connectivity index is 1.35. The van der Waals surface area contributed by atoms with E-state index in [0.717, 1.165) is 11.1 Å². The van der Waals surface area contributed by atoms with E-state index in [1.54, 1.807) is 24.4 Å². The summed E-state index contributed by atoms with van der Waals surface area (Å²) in [6, 6.07) is 20.7. The van der Waals surface area contributed by atoms with Crippen LogP contribution in [0, 0.1) is 0 Å². The Labute approximate surface area is 227 Å². The van der Waals surface area contributed by atoms with Gasteiger partial charge in [0.25, 0.3) is 11.5 Å². The minimum atomic E-state index is -0.278. The second-order valence-corrected chi connectivity index (χ2v) is 10.5. The van der Waals surface area contributed by atoms with Crippen LogP contribution in [0.1, 0.15) is 29.7 Å². The van der Waals surface area contributed by atoms with Crippen LogP contribution >= 0.6 is 24.0 Å². The third kappa shape index (κ3) is 4.52. The van der Waals surface area contributed by atoms with Crippen LogP contribution in [0.25, 0.3) is 11.7 Å². The molecular weight excluding hydrogens is 520 g/mol.